The van der Waals surface area contributed by atoms with Gasteiger partial charge in [-0.25, -0.2) is 4.67 Å². The van der Waals surface area contributed by atoms with E-state index in [0.29, 0.717) is 36.6 Å². The molecule has 1 aliphatic rings. The molecule has 22 heavy (non-hydrogen) atoms. The molecule has 5 heteroatoms. The van der Waals surface area contributed by atoms with Crippen LogP contribution in [0, 0.1) is 22.7 Å². The summed E-state index contributed by atoms with van der Waals surface area (Å²) >= 11 is 0. The first-order valence-corrected chi connectivity index (χ1v) is 9.54. The first-order chi connectivity index (χ1) is 10.2. The van der Waals surface area contributed by atoms with E-state index >= 15 is 0 Å². The third-order valence-electron chi connectivity index (χ3n) is 4.22. The fourth-order valence-corrected chi connectivity index (χ4v) is 4.51. The van der Waals surface area contributed by atoms with Crippen molar-refractivity contribution in [1.29, 1.82) is 5.26 Å². The molecule has 0 aromatic heterocycles. The minimum Gasteiger partial charge on any atom is -0.321 e. The maximum atomic E-state index is 8.72. The van der Waals surface area contributed by atoms with Gasteiger partial charge in [0.05, 0.1) is 25.2 Å². The summed E-state index contributed by atoms with van der Waals surface area (Å²) < 4.78 is 14.5. The third kappa shape index (κ3) is 5.78. The molecule has 0 saturated heterocycles. The minimum atomic E-state index is -1.08. The molecule has 4 nitrogen and oxygen atoms in total. The minimum absolute atomic E-state index is 0.303. The van der Waals surface area contributed by atoms with Crippen molar-refractivity contribution in [2.24, 2.45) is 11.3 Å². The zero-order valence-electron chi connectivity index (χ0n) is 15.3. The van der Waals surface area contributed by atoms with Crippen LogP contribution >= 0.6 is 8.53 Å². The van der Waals surface area contributed by atoms with E-state index < -0.39 is 8.53 Å². The Bertz CT molecular complexity index is 360. The molecule has 0 aliphatic heterocycles. The number of nitrogens with zero attached hydrogens (tertiary/aromatic N) is 2. The van der Waals surface area contributed by atoms with Crippen molar-refractivity contribution in [3.8, 4) is 6.07 Å². The van der Waals surface area contributed by atoms with Crippen LogP contribution in [0.4, 0.5) is 0 Å². The van der Waals surface area contributed by atoms with Crippen LogP contribution < -0.4 is 0 Å². The molecule has 0 amide bonds. The van der Waals surface area contributed by atoms with Gasteiger partial charge in [0.2, 0.25) is 0 Å². The Hall–Kier alpha value is -0.200. The smallest absolute Gasteiger partial charge is 0.259 e. The maximum absolute atomic E-state index is 8.72. The number of hydrogen-bond acceptors (Lipinski definition) is 4. The van der Waals surface area contributed by atoms with Gasteiger partial charge in [-0.1, -0.05) is 20.8 Å². The highest BCUT2D eigenvalue weighted by molar-refractivity contribution is 7.44. The topological polar surface area (TPSA) is 45.5 Å². The zero-order chi connectivity index (χ0) is 16.9. The van der Waals surface area contributed by atoms with Crippen molar-refractivity contribution in [1.82, 2.24) is 4.67 Å². The second-order valence-electron chi connectivity index (χ2n) is 7.81. The molecule has 0 heterocycles. The highest BCUT2D eigenvalue weighted by Crippen LogP contribution is 2.52. The summed E-state index contributed by atoms with van der Waals surface area (Å²) in [7, 11) is -1.08. The van der Waals surface area contributed by atoms with Crippen LogP contribution in [0.1, 0.15) is 67.7 Å². The molecular weight excluding hydrogens is 295 g/mol. The Morgan fingerprint density at radius 2 is 1.73 bits per heavy atom. The van der Waals surface area contributed by atoms with Crippen LogP contribution in [0.25, 0.3) is 0 Å². The van der Waals surface area contributed by atoms with Crippen molar-refractivity contribution in [2.45, 2.75) is 85.9 Å². The number of rotatable bonds is 8. The van der Waals surface area contributed by atoms with Crippen LogP contribution in [0.2, 0.25) is 0 Å². The number of nitriles is 1. The monoisotopic (exact) mass is 328 g/mol. The molecule has 1 rings (SSSR count). The molecule has 1 aliphatic carbocycles. The summed E-state index contributed by atoms with van der Waals surface area (Å²) in [6, 6.07) is 2.87. The van der Waals surface area contributed by atoms with Gasteiger partial charge in [-0.05, 0) is 51.9 Å². The van der Waals surface area contributed by atoms with Gasteiger partial charge in [0.15, 0.2) is 0 Å². The van der Waals surface area contributed by atoms with Crippen molar-refractivity contribution >= 4 is 8.53 Å². The van der Waals surface area contributed by atoms with Gasteiger partial charge in [-0.3, -0.25) is 0 Å². The van der Waals surface area contributed by atoms with Crippen LogP contribution in [-0.4, -0.2) is 29.5 Å². The zero-order valence-corrected chi connectivity index (χ0v) is 16.2. The second kappa shape index (κ2) is 8.60. The van der Waals surface area contributed by atoms with Crippen molar-refractivity contribution in [3.05, 3.63) is 0 Å². The number of hydrogen-bond donors (Lipinski definition) is 0. The Balaban J connectivity index is 2.61. The Morgan fingerprint density at radius 3 is 2.14 bits per heavy atom. The molecule has 1 fully saturated rings. The quantitative estimate of drug-likeness (QED) is 0.459. The first-order valence-electron chi connectivity index (χ1n) is 8.41. The lowest BCUT2D eigenvalue weighted by molar-refractivity contribution is -0.00344. The largest absolute Gasteiger partial charge is 0.321 e. The van der Waals surface area contributed by atoms with Gasteiger partial charge in [0.25, 0.3) is 8.53 Å². The Labute approximate surface area is 138 Å². The maximum Gasteiger partial charge on any atom is 0.259 e. The van der Waals surface area contributed by atoms with Crippen LogP contribution in [0.5, 0.6) is 0 Å². The van der Waals surface area contributed by atoms with E-state index in [-0.39, 0.29) is 0 Å². The van der Waals surface area contributed by atoms with E-state index in [2.05, 4.69) is 59.2 Å². The fraction of sp³-hybridized carbons (Fsp3) is 0.941. The summed E-state index contributed by atoms with van der Waals surface area (Å²) in [5, 5.41) is 8.72. The van der Waals surface area contributed by atoms with E-state index in [1.807, 2.05) is 0 Å². The lowest BCUT2D eigenvalue weighted by Crippen LogP contribution is -2.41. The van der Waals surface area contributed by atoms with E-state index in [1.54, 1.807) is 0 Å². The predicted molar refractivity (Wildman–Crippen MR) is 92.3 cm³/mol. The average molecular weight is 328 g/mol. The molecule has 0 aromatic carbocycles. The second-order valence-corrected chi connectivity index (χ2v) is 9.22. The molecule has 0 aromatic rings. The van der Waals surface area contributed by atoms with E-state index in [4.69, 9.17) is 14.3 Å². The van der Waals surface area contributed by atoms with E-state index in [1.165, 1.54) is 0 Å². The predicted octanol–water partition coefficient (Wildman–Crippen LogP) is 5.10. The molecule has 0 spiro atoms. The summed E-state index contributed by atoms with van der Waals surface area (Å²) in [5.41, 5.74) is 0.361. The molecular formula is C17H33N2O2P. The third-order valence-corrected chi connectivity index (χ3v) is 6.40. The van der Waals surface area contributed by atoms with Gasteiger partial charge in [-0.2, -0.15) is 5.26 Å². The Morgan fingerprint density at radius 1 is 1.18 bits per heavy atom. The summed E-state index contributed by atoms with van der Waals surface area (Å²) in [4.78, 5) is 0. The standard InChI is InChI=1S/C17H33N2O2P/c1-13(2)19(14(3)4)22(20-10-8-9-18)21-16-11-15(12-16)17(5,6)7/h13-16H,8,10-12H2,1-7H3. The van der Waals surface area contributed by atoms with Crippen LogP contribution in [0.3, 0.4) is 0 Å². The molecule has 0 bridgehead atoms. The van der Waals surface area contributed by atoms with Crippen LogP contribution in [-0.2, 0) is 9.05 Å². The molecule has 0 radical (unpaired) electrons. The van der Waals surface area contributed by atoms with E-state index in [9.17, 15) is 0 Å². The molecule has 1 atom stereocenters. The van der Waals surface area contributed by atoms with Crippen LogP contribution in [0.15, 0.2) is 0 Å². The van der Waals surface area contributed by atoms with Gasteiger partial charge in [0.1, 0.15) is 0 Å². The molecule has 1 unspecified atom stereocenters. The lowest BCUT2D eigenvalue weighted by Gasteiger charge is -2.46. The molecule has 1 saturated carbocycles. The first kappa shape index (κ1) is 19.8. The highest BCUT2D eigenvalue weighted by atomic mass is 31.2. The van der Waals surface area contributed by atoms with E-state index in [0.717, 1.165) is 18.8 Å². The summed E-state index contributed by atoms with van der Waals surface area (Å²) in [6.45, 7) is 16.0. The summed E-state index contributed by atoms with van der Waals surface area (Å²) in [5.74, 6) is 0.736. The summed E-state index contributed by atoms with van der Waals surface area (Å²) in [6.07, 6.45) is 2.96. The average Bonchev–Trinajstić information content (AvgIpc) is 2.30. The van der Waals surface area contributed by atoms with Crippen molar-refractivity contribution in [2.75, 3.05) is 6.61 Å². The van der Waals surface area contributed by atoms with Gasteiger partial charge in [0, 0.05) is 12.1 Å². The lowest BCUT2D eigenvalue weighted by atomic mass is 9.67. The SMILES string of the molecule is CC(C)N(C(C)C)P(OCCC#N)OC1CC(C(C)(C)C)C1. The normalized spacial score (nSPS) is 23.7. The molecule has 0 N–H and O–H groups in total. The van der Waals surface area contributed by atoms with Gasteiger partial charge in [-0.15, -0.1) is 0 Å². The molecule has 128 valence electrons. The van der Waals surface area contributed by atoms with Crippen molar-refractivity contribution in [3.63, 3.8) is 0 Å². The Kier molecular flexibility index (Phi) is 7.75. The van der Waals surface area contributed by atoms with Gasteiger partial charge >= 0.3 is 0 Å². The van der Waals surface area contributed by atoms with Crippen molar-refractivity contribution < 1.29 is 9.05 Å². The fourth-order valence-electron chi connectivity index (χ4n) is 2.78. The van der Waals surface area contributed by atoms with Gasteiger partial charge < -0.3 is 9.05 Å². The highest BCUT2D eigenvalue weighted by Gasteiger charge is 2.40.